The molecule has 0 atom stereocenters. The Labute approximate surface area is 130 Å². The van der Waals surface area contributed by atoms with Crippen LogP contribution in [0, 0.1) is 0 Å². The second-order valence-electron chi connectivity index (χ2n) is 5.51. The summed E-state index contributed by atoms with van der Waals surface area (Å²) in [6.45, 7) is 8.23. The molecular formula is C16H20N2O2S. The van der Waals surface area contributed by atoms with Gasteiger partial charge in [-0.1, -0.05) is 12.1 Å². The second-order valence-corrected chi connectivity index (χ2v) is 5.90. The number of hydrogen-bond donors (Lipinski definition) is 1. The van der Waals surface area contributed by atoms with Gasteiger partial charge in [-0.05, 0) is 58.1 Å². The predicted octanol–water partition coefficient (Wildman–Crippen LogP) is 3.24. The molecule has 0 saturated heterocycles. The van der Waals surface area contributed by atoms with Crippen molar-refractivity contribution in [1.29, 1.82) is 0 Å². The summed E-state index contributed by atoms with van der Waals surface area (Å²) < 4.78 is 5.12. The molecule has 0 fully saturated rings. The van der Waals surface area contributed by atoms with E-state index in [4.69, 9.17) is 17.0 Å². The van der Waals surface area contributed by atoms with Gasteiger partial charge in [0.25, 0.3) is 0 Å². The van der Waals surface area contributed by atoms with Crippen molar-refractivity contribution in [2.45, 2.75) is 33.2 Å². The van der Waals surface area contributed by atoms with Crippen LogP contribution in [0.4, 0.5) is 5.69 Å². The van der Waals surface area contributed by atoms with Crippen LogP contribution < -0.4 is 10.2 Å². The Balaban J connectivity index is 2.47. The van der Waals surface area contributed by atoms with Crippen molar-refractivity contribution < 1.29 is 9.53 Å². The van der Waals surface area contributed by atoms with Crippen molar-refractivity contribution in [1.82, 2.24) is 5.32 Å². The smallest absolute Gasteiger partial charge is 0.340 e. The molecule has 2 rings (SSSR count). The highest BCUT2D eigenvalue weighted by molar-refractivity contribution is 7.80. The van der Waals surface area contributed by atoms with Crippen molar-refractivity contribution in [3.05, 3.63) is 41.6 Å². The zero-order valence-corrected chi connectivity index (χ0v) is 13.6. The number of hydrogen-bond acceptors (Lipinski definition) is 3. The van der Waals surface area contributed by atoms with E-state index in [1.54, 1.807) is 13.0 Å². The number of thiocarbonyl (C=S) groups is 1. The number of carbonyl (C=O) groups excluding carboxylic acids is 1. The summed E-state index contributed by atoms with van der Waals surface area (Å²) >= 11 is 5.47. The lowest BCUT2D eigenvalue weighted by Crippen LogP contribution is -2.53. The number of nitrogens with zero attached hydrogens (tertiary/aromatic N) is 1. The monoisotopic (exact) mass is 304 g/mol. The summed E-state index contributed by atoms with van der Waals surface area (Å²) in [5.74, 6) is -0.339. The number of allylic oxidation sites excluding steroid dienone is 1. The lowest BCUT2D eigenvalue weighted by molar-refractivity contribution is 0.0527. The summed E-state index contributed by atoms with van der Waals surface area (Å²) in [7, 11) is 0. The highest BCUT2D eigenvalue weighted by Gasteiger charge is 2.29. The van der Waals surface area contributed by atoms with Crippen LogP contribution in [-0.2, 0) is 4.74 Å². The Morgan fingerprint density at radius 1 is 1.38 bits per heavy atom. The molecule has 112 valence electrons. The average molecular weight is 304 g/mol. The van der Waals surface area contributed by atoms with Crippen molar-refractivity contribution in [2.75, 3.05) is 11.5 Å². The quantitative estimate of drug-likeness (QED) is 0.686. The van der Waals surface area contributed by atoms with Crippen LogP contribution in [0.3, 0.4) is 0 Å². The summed E-state index contributed by atoms with van der Waals surface area (Å²) in [5, 5.41) is 3.84. The van der Waals surface area contributed by atoms with E-state index in [-0.39, 0.29) is 11.5 Å². The van der Waals surface area contributed by atoms with Gasteiger partial charge in [0.1, 0.15) is 0 Å². The van der Waals surface area contributed by atoms with Crippen LogP contribution in [0.5, 0.6) is 0 Å². The zero-order chi connectivity index (χ0) is 15.6. The van der Waals surface area contributed by atoms with Crippen LogP contribution in [0.15, 0.2) is 36.0 Å². The first-order chi connectivity index (χ1) is 9.85. The molecule has 0 amide bonds. The highest BCUT2D eigenvalue weighted by atomic mass is 32.1. The van der Waals surface area contributed by atoms with E-state index in [2.05, 4.69) is 25.2 Å². The minimum absolute atomic E-state index is 0.198. The first-order valence-corrected chi connectivity index (χ1v) is 7.34. The van der Waals surface area contributed by atoms with E-state index in [9.17, 15) is 4.79 Å². The number of nitrogens with one attached hydrogen (secondary N) is 1. The van der Waals surface area contributed by atoms with Crippen molar-refractivity contribution in [3.63, 3.8) is 0 Å². The fourth-order valence-corrected chi connectivity index (χ4v) is 2.97. The Morgan fingerprint density at radius 2 is 2.05 bits per heavy atom. The van der Waals surface area contributed by atoms with E-state index >= 15 is 0 Å². The number of para-hydroxylation sites is 1. The largest absolute Gasteiger partial charge is 0.462 e. The molecule has 0 unspecified atom stereocenters. The maximum atomic E-state index is 12.1. The van der Waals surface area contributed by atoms with E-state index in [1.165, 1.54) is 0 Å². The number of esters is 1. The molecule has 1 N–H and O–H groups in total. The molecule has 1 aliphatic heterocycles. The lowest BCUT2D eigenvalue weighted by atomic mass is 10.0. The number of carbonyl (C=O) groups is 1. The van der Waals surface area contributed by atoms with E-state index in [0.717, 1.165) is 11.4 Å². The molecule has 4 nitrogen and oxygen atoms in total. The van der Waals surface area contributed by atoms with Crippen molar-refractivity contribution in [3.8, 4) is 0 Å². The van der Waals surface area contributed by atoms with E-state index in [1.807, 2.05) is 30.0 Å². The van der Waals surface area contributed by atoms with E-state index in [0.29, 0.717) is 17.3 Å². The van der Waals surface area contributed by atoms with Gasteiger partial charge in [0.2, 0.25) is 0 Å². The first kappa shape index (κ1) is 15.5. The van der Waals surface area contributed by atoms with Crippen LogP contribution in [-0.4, -0.2) is 23.2 Å². The van der Waals surface area contributed by atoms with Gasteiger partial charge in [-0.3, -0.25) is 4.90 Å². The predicted molar refractivity (Wildman–Crippen MR) is 88.4 cm³/mol. The van der Waals surface area contributed by atoms with E-state index < -0.39 is 0 Å². The summed E-state index contributed by atoms with van der Waals surface area (Å²) in [6, 6.07) is 7.33. The summed E-state index contributed by atoms with van der Waals surface area (Å²) in [5.41, 5.74) is 2.03. The Morgan fingerprint density at radius 3 is 2.67 bits per heavy atom. The number of benzene rings is 1. The Hall–Kier alpha value is -1.88. The topological polar surface area (TPSA) is 41.6 Å². The number of ether oxygens (including phenoxy) is 1. The maximum absolute atomic E-state index is 12.1. The van der Waals surface area contributed by atoms with Gasteiger partial charge < -0.3 is 10.1 Å². The molecule has 1 aliphatic rings. The van der Waals surface area contributed by atoms with Gasteiger partial charge in [0.05, 0.1) is 23.4 Å². The molecule has 0 aliphatic carbocycles. The Kier molecular flexibility index (Phi) is 4.32. The fraction of sp³-hybridized carbons (Fsp3) is 0.375. The number of anilines is 1. The average Bonchev–Trinajstić information content (AvgIpc) is 2.37. The molecular weight excluding hydrogens is 284 g/mol. The summed E-state index contributed by atoms with van der Waals surface area (Å²) in [6.07, 6.45) is 2.09. The third kappa shape index (κ3) is 3.24. The Bertz CT molecular complexity index is 608. The standard InChI is InChI=1S/C16H20N2O2S/c1-5-20-14(19)12-8-6-7-9-13(12)18-11(2)10-16(3,4)17-15(18)21/h6-10H,5H2,1-4H3,(H,17,21). The molecule has 0 spiro atoms. The normalized spacial score (nSPS) is 17.0. The lowest BCUT2D eigenvalue weighted by Gasteiger charge is -2.38. The van der Waals surface area contributed by atoms with Gasteiger partial charge in [0.15, 0.2) is 5.11 Å². The second kappa shape index (κ2) is 5.85. The van der Waals surface area contributed by atoms with Gasteiger partial charge in [-0.15, -0.1) is 0 Å². The third-order valence-electron chi connectivity index (χ3n) is 3.19. The molecule has 1 aromatic carbocycles. The highest BCUT2D eigenvalue weighted by Crippen LogP contribution is 2.29. The molecule has 0 bridgehead atoms. The molecule has 5 heteroatoms. The van der Waals surface area contributed by atoms with Gasteiger partial charge in [-0.25, -0.2) is 4.79 Å². The van der Waals surface area contributed by atoms with Crippen LogP contribution in [0.1, 0.15) is 38.1 Å². The van der Waals surface area contributed by atoms with Gasteiger partial charge in [0, 0.05) is 5.70 Å². The molecule has 21 heavy (non-hydrogen) atoms. The van der Waals surface area contributed by atoms with Crippen LogP contribution in [0.2, 0.25) is 0 Å². The minimum Gasteiger partial charge on any atom is -0.462 e. The minimum atomic E-state index is -0.339. The molecule has 0 saturated carbocycles. The fourth-order valence-electron chi connectivity index (χ4n) is 2.46. The molecule has 0 aromatic heterocycles. The van der Waals surface area contributed by atoms with Crippen molar-refractivity contribution >= 4 is 29.0 Å². The van der Waals surface area contributed by atoms with Gasteiger partial charge >= 0.3 is 5.97 Å². The van der Waals surface area contributed by atoms with Gasteiger partial charge in [-0.2, -0.15) is 0 Å². The van der Waals surface area contributed by atoms with Crippen molar-refractivity contribution in [2.24, 2.45) is 0 Å². The molecule has 0 radical (unpaired) electrons. The maximum Gasteiger partial charge on any atom is 0.340 e. The number of rotatable bonds is 3. The first-order valence-electron chi connectivity index (χ1n) is 6.93. The third-order valence-corrected chi connectivity index (χ3v) is 3.48. The van der Waals surface area contributed by atoms with Crippen LogP contribution >= 0.6 is 12.2 Å². The summed E-state index contributed by atoms with van der Waals surface area (Å²) in [4.78, 5) is 14.0. The molecule has 1 aromatic rings. The molecule has 1 heterocycles. The van der Waals surface area contributed by atoms with Crippen LogP contribution in [0.25, 0.3) is 0 Å². The SMILES string of the molecule is CCOC(=O)c1ccccc1N1C(=S)NC(C)(C)C=C1C. The zero-order valence-electron chi connectivity index (χ0n) is 12.8.